The number of nitrogens with zero attached hydrogens (tertiary/aromatic N) is 1. The standard InChI is InChI=1S/C15H17BrN2O2/c1-15(2)19-9-10(20-15)8-18-14-12-4-3-5-13(16)11(12)6-7-17-14/h3-7,10H,8-9H2,1-2H3,(H,17,18). The van der Waals surface area contributed by atoms with Crippen LogP contribution in [0.1, 0.15) is 13.8 Å². The minimum absolute atomic E-state index is 0.0502. The molecular weight excluding hydrogens is 320 g/mol. The Kier molecular flexibility index (Phi) is 3.67. The lowest BCUT2D eigenvalue weighted by Gasteiger charge is -2.17. The normalized spacial score (nSPS) is 21.2. The van der Waals surface area contributed by atoms with Gasteiger partial charge in [0.1, 0.15) is 11.9 Å². The van der Waals surface area contributed by atoms with Gasteiger partial charge in [-0.15, -0.1) is 0 Å². The fraction of sp³-hybridized carbons (Fsp3) is 0.400. The number of fused-ring (bicyclic) bond motifs is 1. The van der Waals surface area contributed by atoms with Crippen LogP contribution in [-0.4, -0.2) is 30.0 Å². The van der Waals surface area contributed by atoms with E-state index in [-0.39, 0.29) is 6.10 Å². The van der Waals surface area contributed by atoms with E-state index in [2.05, 4.69) is 32.3 Å². The number of benzene rings is 1. The minimum atomic E-state index is -0.485. The Labute approximate surface area is 126 Å². The van der Waals surface area contributed by atoms with Crippen LogP contribution in [0.4, 0.5) is 5.82 Å². The SMILES string of the molecule is CC1(C)OCC(CNc2nccc3c(Br)cccc23)O1. The predicted octanol–water partition coefficient (Wildman–Crippen LogP) is 3.56. The van der Waals surface area contributed by atoms with Crippen molar-refractivity contribution in [1.29, 1.82) is 0 Å². The smallest absolute Gasteiger partial charge is 0.163 e. The molecule has 0 saturated carbocycles. The van der Waals surface area contributed by atoms with Gasteiger partial charge in [0.15, 0.2) is 5.79 Å². The fourth-order valence-corrected chi connectivity index (χ4v) is 2.88. The Bertz CT molecular complexity index is 630. The van der Waals surface area contributed by atoms with Crippen molar-refractivity contribution >= 4 is 32.5 Å². The van der Waals surface area contributed by atoms with Crippen LogP contribution in [0.2, 0.25) is 0 Å². The van der Waals surface area contributed by atoms with Crippen LogP contribution in [0, 0.1) is 0 Å². The van der Waals surface area contributed by atoms with Crippen LogP contribution in [0.3, 0.4) is 0 Å². The number of ether oxygens (including phenoxy) is 2. The molecule has 1 aliphatic heterocycles. The Morgan fingerprint density at radius 1 is 1.35 bits per heavy atom. The average molecular weight is 337 g/mol. The predicted molar refractivity (Wildman–Crippen MR) is 82.8 cm³/mol. The van der Waals surface area contributed by atoms with Gasteiger partial charge in [0, 0.05) is 28.0 Å². The molecule has 106 valence electrons. The molecule has 1 atom stereocenters. The van der Waals surface area contributed by atoms with Gasteiger partial charge < -0.3 is 14.8 Å². The number of anilines is 1. The molecule has 1 unspecified atom stereocenters. The van der Waals surface area contributed by atoms with Crippen LogP contribution in [0.15, 0.2) is 34.9 Å². The van der Waals surface area contributed by atoms with Crippen LogP contribution < -0.4 is 5.32 Å². The second kappa shape index (κ2) is 5.31. The first-order chi connectivity index (χ1) is 9.55. The number of halogens is 1. The zero-order chi connectivity index (χ0) is 14.2. The van der Waals surface area contributed by atoms with E-state index in [1.54, 1.807) is 0 Å². The van der Waals surface area contributed by atoms with Gasteiger partial charge in [0.2, 0.25) is 0 Å². The molecule has 0 amide bonds. The molecule has 0 radical (unpaired) electrons. The van der Waals surface area contributed by atoms with Crippen molar-refractivity contribution in [3.63, 3.8) is 0 Å². The molecule has 1 fully saturated rings. The molecule has 20 heavy (non-hydrogen) atoms. The maximum absolute atomic E-state index is 5.78. The molecule has 1 aliphatic rings. The van der Waals surface area contributed by atoms with Crippen molar-refractivity contribution in [3.8, 4) is 0 Å². The maximum atomic E-state index is 5.78. The number of rotatable bonds is 3. The summed E-state index contributed by atoms with van der Waals surface area (Å²) in [5.74, 6) is 0.388. The van der Waals surface area contributed by atoms with E-state index in [0.29, 0.717) is 13.2 Å². The van der Waals surface area contributed by atoms with E-state index in [9.17, 15) is 0 Å². The van der Waals surface area contributed by atoms with Gasteiger partial charge in [-0.3, -0.25) is 0 Å². The van der Waals surface area contributed by atoms with Gasteiger partial charge in [0.05, 0.1) is 6.61 Å². The maximum Gasteiger partial charge on any atom is 0.163 e. The van der Waals surface area contributed by atoms with Crippen molar-refractivity contribution in [2.24, 2.45) is 0 Å². The third kappa shape index (κ3) is 2.80. The first kappa shape index (κ1) is 13.8. The quantitative estimate of drug-likeness (QED) is 0.930. The van der Waals surface area contributed by atoms with Crippen molar-refractivity contribution < 1.29 is 9.47 Å². The van der Waals surface area contributed by atoms with Gasteiger partial charge in [0.25, 0.3) is 0 Å². The molecular formula is C15H17BrN2O2. The number of pyridine rings is 1. The molecule has 4 nitrogen and oxygen atoms in total. The Morgan fingerprint density at radius 2 is 2.20 bits per heavy atom. The molecule has 1 aromatic heterocycles. The zero-order valence-electron chi connectivity index (χ0n) is 11.5. The third-order valence-electron chi connectivity index (χ3n) is 3.32. The fourth-order valence-electron chi connectivity index (χ4n) is 2.38. The van der Waals surface area contributed by atoms with Crippen molar-refractivity contribution in [2.75, 3.05) is 18.5 Å². The summed E-state index contributed by atoms with van der Waals surface area (Å²) in [6, 6.07) is 8.11. The zero-order valence-corrected chi connectivity index (χ0v) is 13.1. The summed E-state index contributed by atoms with van der Waals surface area (Å²) in [5.41, 5.74) is 0. The first-order valence-corrected chi connectivity index (χ1v) is 7.43. The molecule has 1 saturated heterocycles. The van der Waals surface area contributed by atoms with Crippen LogP contribution in [0.25, 0.3) is 10.8 Å². The van der Waals surface area contributed by atoms with E-state index < -0.39 is 5.79 Å². The summed E-state index contributed by atoms with van der Waals surface area (Å²) in [5, 5.41) is 5.60. The van der Waals surface area contributed by atoms with Gasteiger partial charge >= 0.3 is 0 Å². The van der Waals surface area contributed by atoms with Crippen molar-refractivity contribution in [3.05, 3.63) is 34.9 Å². The molecule has 1 aromatic carbocycles. The molecule has 1 N–H and O–H groups in total. The Balaban J connectivity index is 1.77. The van der Waals surface area contributed by atoms with Gasteiger partial charge in [-0.2, -0.15) is 0 Å². The van der Waals surface area contributed by atoms with E-state index in [4.69, 9.17) is 9.47 Å². The summed E-state index contributed by atoms with van der Waals surface area (Å²) in [4.78, 5) is 4.42. The Morgan fingerprint density at radius 3 is 2.95 bits per heavy atom. The lowest BCUT2D eigenvalue weighted by Crippen LogP contribution is -2.26. The molecule has 0 spiro atoms. The molecule has 3 rings (SSSR count). The van der Waals surface area contributed by atoms with E-state index in [1.807, 2.05) is 38.2 Å². The average Bonchev–Trinajstić information content (AvgIpc) is 2.77. The molecule has 0 aliphatic carbocycles. The van der Waals surface area contributed by atoms with E-state index >= 15 is 0 Å². The number of nitrogens with one attached hydrogen (secondary N) is 1. The lowest BCUT2D eigenvalue weighted by molar-refractivity contribution is -0.136. The summed E-state index contributed by atoms with van der Waals surface area (Å²) in [6.45, 7) is 5.15. The number of hydrogen-bond acceptors (Lipinski definition) is 4. The first-order valence-electron chi connectivity index (χ1n) is 6.64. The minimum Gasteiger partial charge on any atom is -0.367 e. The highest BCUT2D eigenvalue weighted by Gasteiger charge is 2.32. The van der Waals surface area contributed by atoms with Gasteiger partial charge in [-0.05, 0) is 26.0 Å². The highest BCUT2D eigenvalue weighted by atomic mass is 79.9. The van der Waals surface area contributed by atoms with Crippen molar-refractivity contribution in [1.82, 2.24) is 4.98 Å². The largest absolute Gasteiger partial charge is 0.367 e. The van der Waals surface area contributed by atoms with Crippen LogP contribution in [-0.2, 0) is 9.47 Å². The summed E-state index contributed by atoms with van der Waals surface area (Å²) < 4.78 is 12.4. The van der Waals surface area contributed by atoms with Crippen LogP contribution >= 0.6 is 15.9 Å². The van der Waals surface area contributed by atoms with Crippen molar-refractivity contribution in [2.45, 2.75) is 25.7 Å². The second-order valence-electron chi connectivity index (χ2n) is 5.33. The third-order valence-corrected chi connectivity index (χ3v) is 4.01. The van der Waals surface area contributed by atoms with E-state index in [0.717, 1.165) is 21.1 Å². The molecule has 2 aromatic rings. The Hall–Kier alpha value is -1.17. The van der Waals surface area contributed by atoms with Gasteiger partial charge in [-0.25, -0.2) is 4.98 Å². The van der Waals surface area contributed by atoms with E-state index in [1.165, 1.54) is 0 Å². The topological polar surface area (TPSA) is 43.4 Å². The summed E-state index contributed by atoms with van der Waals surface area (Å²) >= 11 is 3.56. The second-order valence-corrected chi connectivity index (χ2v) is 6.18. The summed E-state index contributed by atoms with van der Waals surface area (Å²) in [6.07, 6.45) is 1.86. The molecule has 2 heterocycles. The molecule has 0 bridgehead atoms. The highest BCUT2D eigenvalue weighted by molar-refractivity contribution is 9.10. The number of aromatic nitrogens is 1. The lowest BCUT2D eigenvalue weighted by atomic mass is 10.1. The van der Waals surface area contributed by atoms with Gasteiger partial charge in [-0.1, -0.05) is 28.1 Å². The number of hydrogen-bond donors (Lipinski definition) is 1. The summed E-state index contributed by atoms with van der Waals surface area (Å²) in [7, 11) is 0. The molecule has 5 heteroatoms. The highest BCUT2D eigenvalue weighted by Crippen LogP contribution is 2.28. The monoisotopic (exact) mass is 336 g/mol. The van der Waals surface area contributed by atoms with Crippen LogP contribution in [0.5, 0.6) is 0 Å².